The molecule has 2 rings (SSSR count). The molecule has 0 aliphatic carbocycles. The van der Waals surface area contributed by atoms with E-state index in [0.717, 1.165) is 27.8 Å². The van der Waals surface area contributed by atoms with Crippen molar-refractivity contribution in [1.82, 2.24) is 9.62 Å². The predicted molar refractivity (Wildman–Crippen MR) is 92.3 cm³/mol. The maximum Gasteiger partial charge on any atom is 0.254 e. The van der Waals surface area contributed by atoms with Gasteiger partial charge < -0.3 is 4.90 Å². The van der Waals surface area contributed by atoms with Gasteiger partial charge >= 0.3 is 0 Å². The second-order valence-corrected chi connectivity index (χ2v) is 8.37. The first-order chi connectivity index (χ1) is 10.6. The molecule has 1 N–H and O–H groups in total. The molecule has 1 aromatic rings. The summed E-state index contributed by atoms with van der Waals surface area (Å²) in [5.74, 6) is 0.0598. The number of piperidine rings is 1. The first kappa shape index (κ1) is 17.9. The maximum absolute atomic E-state index is 12.9. The minimum absolute atomic E-state index is 0.0598. The monoisotopic (exact) mass is 338 g/mol. The molecule has 0 spiro atoms. The molecule has 1 aromatic carbocycles. The van der Waals surface area contributed by atoms with Gasteiger partial charge in [-0.15, -0.1) is 0 Å². The van der Waals surface area contributed by atoms with Crippen LogP contribution in [0.2, 0.25) is 0 Å². The Hall–Kier alpha value is -1.40. The molecule has 5 nitrogen and oxygen atoms in total. The number of rotatable bonds is 3. The Kier molecular flexibility index (Phi) is 5.16. The lowest BCUT2D eigenvalue weighted by molar-refractivity contribution is 0.0709. The normalized spacial score (nSPS) is 16.7. The van der Waals surface area contributed by atoms with Crippen LogP contribution in [-0.2, 0) is 10.0 Å². The molecule has 1 aliphatic rings. The Morgan fingerprint density at radius 1 is 1.09 bits per heavy atom. The molecule has 23 heavy (non-hydrogen) atoms. The van der Waals surface area contributed by atoms with Crippen molar-refractivity contribution in [1.29, 1.82) is 0 Å². The summed E-state index contributed by atoms with van der Waals surface area (Å²) in [5, 5.41) is 0. The van der Waals surface area contributed by atoms with Crippen molar-refractivity contribution in [3.63, 3.8) is 0 Å². The molecule has 0 radical (unpaired) electrons. The Morgan fingerprint density at radius 3 is 2.00 bits per heavy atom. The van der Waals surface area contributed by atoms with Crippen molar-refractivity contribution < 1.29 is 13.2 Å². The molecule has 0 aromatic heterocycles. The highest BCUT2D eigenvalue weighted by atomic mass is 32.2. The zero-order valence-corrected chi connectivity index (χ0v) is 15.4. The molecule has 1 heterocycles. The number of amides is 1. The van der Waals surface area contributed by atoms with Crippen LogP contribution in [0.15, 0.2) is 6.07 Å². The predicted octanol–water partition coefficient (Wildman–Crippen LogP) is 2.07. The molecule has 6 heteroatoms. The fraction of sp³-hybridized carbons (Fsp3) is 0.588. The van der Waals surface area contributed by atoms with Crippen LogP contribution in [0.1, 0.15) is 45.5 Å². The average molecular weight is 338 g/mol. The third-order valence-corrected chi connectivity index (χ3v) is 5.50. The zero-order valence-electron chi connectivity index (χ0n) is 14.6. The summed E-state index contributed by atoms with van der Waals surface area (Å²) in [6.45, 7) is 9.21. The first-order valence-corrected chi connectivity index (χ1v) is 9.83. The summed E-state index contributed by atoms with van der Waals surface area (Å²) in [5.41, 5.74) is 5.14. The number of hydrogen-bond donors (Lipinski definition) is 1. The van der Waals surface area contributed by atoms with Gasteiger partial charge in [0, 0.05) is 24.7 Å². The van der Waals surface area contributed by atoms with E-state index < -0.39 is 10.0 Å². The van der Waals surface area contributed by atoms with Gasteiger partial charge in [0.15, 0.2) is 0 Å². The van der Waals surface area contributed by atoms with Crippen molar-refractivity contribution in [2.24, 2.45) is 0 Å². The number of likely N-dealkylation sites (tertiary alicyclic amines) is 1. The molecule has 1 aliphatic heterocycles. The Bertz CT molecular complexity index is 692. The molecule has 0 atom stereocenters. The van der Waals surface area contributed by atoms with Gasteiger partial charge in [-0.1, -0.05) is 6.07 Å². The maximum atomic E-state index is 12.9. The minimum Gasteiger partial charge on any atom is -0.339 e. The molecule has 1 amide bonds. The average Bonchev–Trinajstić information content (AvgIpc) is 2.44. The molecular formula is C17H26N2O3S. The SMILES string of the molecule is Cc1cc(C)c(C)c(C(=O)N2CCC(NS(C)(=O)=O)CC2)c1C. The number of benzene rings is 1. The summed E-state index contributed by atoms with van der Waals surface area (Å²) < 4.78 is 25.3. The topological polar surface area (TPSA) is 66.5 Å². The largest absolute Gasteiger partial charge is 0.339 e. The van der Waals surface area contributed by atoms with Crippen molar-refractivity contribution in [2.45, 2.75) is 46.6 Å². The fourth-order valence-corrected chi connectivity index (χ4v) is 4.04. The lowest BCUT2D eigenvalue weighted by Gasteiger charge is -2.33. The minimum atomic E-state index is -3.19. The van der Waals surface area contributed by atoms with E-state index in [0.29, 0.717) is 25.9 Å². The van der Waals surface area contributed by atoms with E-state index >= 15 is 0 Å². The number of nitrogens with zero attached hydrogens (tertiary/aromatic N) is 1. The van der Waals surface area contributed by atoms with Crippen LogP contribution in [-0.4, -0.2) is 44.6 Å². The molecule has 0 bridgehead atoms. The van der Waals surface area contributed by atoms with E-state index in [-0.39, 0.29) is 11.9 Å². The number of hydrogen-bond acceptors (Lipinski definition) is 3. The zero-order chi connectivity index (χ0) is 17.4. The quantitative estimate of drug-likeness (QED) is 0.917. The van der Waals surface area contributed by atoms with Crippen LogP contribution < -0.4 is 4.72 Å². The Labute approximate surface area is 139 Å². The van der Waals surface area contributed by atoms with E-state index in [9.17, 15) is 13.2 Å². The highest BCUT2D eigenvalue weighted by Crippen LogP contribution is 2.24. The number of aryl methyl sites for hydroxylation is 2. The van der Waals surface area contributed by atoms with Crippen LogP contribution in [0.4, 0.5) is 0 Å². The van der Waals surface area contributed by atoms with Crippen molar-refractivity contribution in [3.05, 3.63) is 33.9 Å². The van der Waals surface area contributed by atoms with E-state index in [2.05, 4.69) is 10.8 Å². The number of carbonyl (C=O) groups is 1. The van der Waals surface area contributed by atoms with Crippen LogP contribution in [0.3, 0.4) is 0 Å². The Balaban J connectivity index is 2.15. The number of nitrogens with one attached hydrogen (secondary N) is 1. The van der Waals surface area contributed by atoms with Gasteiger partial charge in [0.1, 0.15) is 0 Å². The van der Waals surface area contributed by atoms with Gasteiger partial charge in [-0.2, -0.15) is 0 Å². The van der Waals surface area contributed by atoms with Crippen LogP contribution in [0.5, 0.6) is 0 Å². The van der Waals surface area contributed by atoms with E-state index in [1.807, 2.05) is 32.6 Å². The molecule has 128 valence electrons. The van der Waals surface area contributed by atoms with Gasteiger partial charge in [-0.05, 0) is 62.8 Å². The van der Waals surface area contributed by atoms with Gasteiger partial charge in [0.05, 0.1) is 6.26 Å². The molecule has 0 saturated carbocycles. The highest BCUT2D eigenvalue weighted by molar-refractivity contribution is 7.88. The second-order valence-electron chi connectivity index (χ2n) is 6.59. The number of carbonyl (C=O) groups excluding carboxylic acids is 1. The number of sulfonamides is 1. The molecule has 1 saturated heterocycles. The third-order valence-electron chi connectivity index (χ3n) is 4.74. The van der Waals surface area contributed by atoms with E-state index in [1.54, 1.807) is 0 Å². The lowest BCUT2D eigenvalue weighted by Crippen LogP contribution is -2.46. The molecule has 0 unspecified atom stereocenters. The third kappa shape index (κ3) is 4.12. The van der Waals surface area contributed by atoms with Gasteiger partial charge in [-0.25, -0.2) is 13.1 Å². The van der Waals surface area contributed by atoms with Crippen molar-refractivity contribution in [2.75, 3.05) is 19.3 Å². The standard InChI is InChI=1S/C17H26N2O3S/c1-11-10-12(2)14(4)16(13(11)3)17(20)19-8-6-15(7-9-19)18-23(5,21)22/h10,15,18H,6-9H2,1-5H3. The van der Waals surface area contributed by atoms with Crippen LogP contribution in [0.25, 0.3) is 0 Å². The smallest absolute Gasteiger partial charge is 0.254 e. The Morgan fingerprint density at radius 2 is 1.57 bits per heavy atom. The van der Waals surface area contributed by atoms with Gasteiger partial charge in [-0.3, -0.25) is 4.79 Å². The molecule has 1 fully saturated rings. The lowest BCUT2D eigenvalue weighted by atomic mass is 9.92. The van der Waals surface area contributed by atoms with Crippen molar-refractivity contribution in [3.8, 4) is 0 Å². The summed E-state index contributed by atoms with van der Waals surface area (Å²) >= 11 is 0. The highest BCUT2D eigenvalue weighted by Gasteiger charge is 2.27. The summed E-state index contributed by atoms with van der Waals surface area (Å²) in [6.07, 6.45) is 2.48. The first-order valence-electron chi connectivity index (χ1n) is 7.94. The summed E-state index contributed by atoms with van der Waals surface area (Å²) in [7, 11) is -3.19. The second kappa shape index (κ2) is 6.61. The van der Waals surface area contributed by atoms with Gasteiger partial charge in [0.2, 0.25) is 10.0 Å². The van der Waals surface area contributed by atoms with E-state index in [1.165, 1.54) is 6.26 Å². The van der Waals surface area contributed by atoms with Crippen LogP contribution in [0, 0.1) is 27.7 Å². The molecular weight excluding hydrogens is 312 g/mol. The summed E-state index contributed by atoms with van der Waals surface area (Å²) in [6, 6.07) is 2.04. The summed E-state index contributed by atoms with van der Waals surface area (Å²) in [4.78, 5) is 14.8. The van der Waals surface area contributed by atoms with Crippen molar-refractivity contribution >= 4 is 15.9 Å². The fourth-order valence-electron chi connectivity index (χ4n) is 3.20. The van der Waals surface area contributed by atoms with Gasteiger partial charge in [0.25, 0.3) is 5.91 Å². The van der Waals surface area contributed by atoms with Crippen LogP contribution >= 0.6 is 0 Å². The van der Waals surface area contributed by atoms with E-state index in [4.69, 9.17) is 0 Å².